The number of hydrogen-bond acceptors (Lipinski definition) is 3. The highest BCUT2D eigenvalue weighted by atomic mass is 19.1. The predicted octanol–water partition coefficient (Wildman–Crippen LogP) is 2.53. The quantitative estimate of drug-likeness (QED) is 0.837. The van der Waals surface area contributed by atoms with E-state index in [1.54, 1.807) is 17.0 Å². The van der Waals surface area contributed by atoms with Crippen LogP contribution < -0.4 is 9.80 Å². The molecule has 2 amide bonds. The number of benzene rings is 2. The first-order valence-electron chi connectivity index (χ1n) is 9.26. The Labute approximate surface area is 158 Å². The minimum Gasteiger partial charge on any atom is -0.368 e. The van der Waals surface area contributed by atoms with Gasteiger partial charge in [0.05, 0.1) is 5.92 Å². The van der Waals surface area contributed by atoms with Crippen LogP contribution in [0.3, 0.4) is 0 Å². The van der Waals surface area contributed by atoms with Crippen LogP contribution in [0.1, 0.15) is 6.42 Å². The lowest BCUT2D eigenvalue weighted by Gasteiger charge is -2.37. The van der Waals surface area contributed by atoms with Crippen molar-refractivity contribution in [1.82, 2.24) is 4.90 Å². The molecule has 4 rings (SSSR count). The maximum absolute atomic E-state index is 13.1. The van der Waals surface area contributed by atoms with Gasteiger partial charge in [-0.2, -0.15) is 0 Å². The number of para-hydroxylation sites is 1. The van der Waals surface area contributed by atoms with Gasteiger partial charge in [0.15, 0.2) is 0 Å². The van der Waals surface area contributed by atoms with Crippen LogP contribution in [-0.4, -0.2) is 49.4 Å². The molecule has 2 aliphatic rings. The summed E-state index contributed by atoms with van der Waals surface area (Å²) >= 11 is 0. The van der Waals surface area contributed by atoms with Crippen molar-refractivity contribution in [1.29, 1.82) is 0 Å². The van der Waals surface area contributed by atoms with Crippen LogP contribution in [0.2, 0.25) is 0 Å². The summed E-state index contributed by atoms with van der Waals surface area (Å²) in [6, 6.07) is 15.9. The summed E-state index contributed by atoms with van der Waals surface area (Å²) in [5, 5.41) is 0. The summed E-state index contributed by atoms with van der Waals surface area (Å²) in [6.45, 7) is 3.10. The molecule has 0 aromatic heterocycles. The van der Waals surface area contributed by atoms with Gasteiger partial charge in [0.25, 0.3) is 0 Å². The van der Waals surface area contributed by atoms with Crippen LogP contribution >= 0.6 is 0 Å². The second kappa shape index (κ2) is 7.39. The van der Waals surface area contributed by atoms with E-state index in [2.05, 4.69) is 4.90 Å². The zero-order valence-corrected chi connectivity index (χ0v) is 15.1. The van der Waals surface area contributed by atoms with Gasteiger partial charge in [-0.1, -0.05) is 18.2 Å². The smallest absolute Gasteiger partial charge is 0.228 e. The van der Waals surface area contributed by atoms with Crippen molar-refractivity contribution in [3.05, 3.63) is 60.4 Å². The standard InChI is InChI=1S/C21H22FN3O2/c22-17-6-8-18(9-7-17)23-10-12-24(13-11-23)21(27)16-14-20(26)25(15-16)19-4-2-1-3-5-19/h1-9,16H,10-15H2/t16-/m1/s1. The summed E-state index contributed by atoms with van der Waals surface area (Å²) in [6.07, 6.45) is 0.270. The van der Waals surface area contributed by atoms with Gasteiger partial charge in [-0.25, -0.2) is 4.39 Å². The zero-order chi connectivity index (χ0) is 18.8. The molecule has 6 heteroatoms. The van der Waals surface area contributed by atoms with Crippen LogP contribution in [-0.2, 0) is 9.59 Å². The van der Waals surface area contributed by atoms with Gasteiger partial charge in [-0.3, -0.25) is 9.59 Å². The Morgan fingerprint density at radius 3 is 2.22 bits per heavy atom. The van der Waals surface area contributed by atoms with Crippen LogP contribution in [0.5, 0.6) is 0 Å². The average molecular weight is 367 g/mol. The van der Waals surface area contributed by atoms with Gasteiger partial charge < -0.3 is 14.7 Å². The van der Waals surface area contributed by atoms with E-state index in [0.717, 1.165) is 11.4 Å². The lowest BCUT2D eigenvalue weighted by Crippen LogP contribution is -2.50. The second-order valence-corrected chi connectivity index (χ2v) is 7.03. The van der Waals surface area contributed by atoms with E-state index >= 15 is 0 Å². The number of hydrogen-bond donors (Lipinski definition) is 0. The van der Waals surface area contributed by atoms with Gasteiger partial charge in [0, 0.05) is 50.5 Å². The Morgan fingerprint density at radius 1 is 0.889 bits per heavy atom. The topological polar surface area (TPSA) is 43.9 Å². The number of rotatable bonds is 3. The van der Waals surface area contributed by atoms with Crippen molar-refractivity contribution in [2.24, 2.45) is 5.92 Å². The van der Waals surface area contributed by atoms with E-state index in [4.69, 9.17) is 0 Å². The number of halogens is 1. The molecule has 0 bridgehead atoms. The number of carbonyl (C=O) groups is 2. The third-order valence-corrected chi connectivity index (χ3v) is 5.33. The Morgan fingerprint density at radius 2 is 1.56 bits per heavy atom. The number of amides is 2. The Hall–Kier alpha value is -2.89. The third-order valence-electron chi connectivity index (χ3n) is 5.33. The molecule has 5 nitrogen and oxygen atoms in total. The van der Waals surface area contributed by atoms with Crippen molar-refractivity contribution in [2.45, 2.75) is 6.42 Å². The van der Waals surface area contributed by atoms with Gasteiger partial charge >= 0.3 is 0 Å². The minimum atomic E-state index is -0.282. The van der Waals surface area contributed by atoms with Crippen LogP contribution in [0, 0.1) is 11.7 Å². The summed E-state index contributed by atoms with van der Waals surface area (Å²) in [5.41, 5.74) is 1.81. The van der Waals surface area contributed by atoms with Crippen molar-refractivity contribution < 1.29 is 14.0 Å². The molecule has 27 heavy (non-hydrogen) atoms. The molecule has 1 atom stereocenters. The largest absolute Gasteiger partial charge is 0.368 e. The highest BCUT2D eigenvalue weighted by molar-refractivity contribution is 6.00. The maximum atomic E-state index is 13.1. The van der Waals surface area contributed by atoms with E-state index in [1.165, 1.54) is 12.1 Å². The molecule has 2 saturated heterocycles. The lowest BCUT2D eigenvalue weighted by molar-refractivity contribution is -0.136. The van der Waals surface area contributed by atoms with E-state index in [-0.39, 0.29) is 30.0 Å². The number of nitrogens with zero attached hydrogens (tertiary/aromatic N) is 3. The molecule has 2 aliphatic heterocycles. The summed E-state index contributed by atoms with van der Waals surface area (Å²) in [7, 11) is 0. The van der Waals surface area contributed by atoms with Crippen LogP contribution in [0.15, 0.2) is 54.6 Å². The minimum absolute atomic E-state index is 0.00416. The van der Waals surface area contributed by atoms with E-state index < -0.39 is 0 Å². The molecular weight excluding hydrogens is 345 g/mol. The molecule has 2 aromatic rings. The van der Waals surface area contributed by atoms with Crippen molar-refractivity contribution in [2.75, 3.05) is 42.5 Å². The van der Waals surface area contributed by atoms with Crippen LogP contribution in [0.4, 0.5) is 15.8 Å². The Bertz CT molecular complexity index is 817. The molecule has 2 fully saturated rings. The van der Waals surface area contributed by atoms with Gasteiger partial charge in [-0.05, 0) is 36.4 Å². The van der Waals surface area contributed by atoms with Gasteiger partial charge in [0.2, 0.25) is 11.8 Å². The molecule has 0 saturated carbocycles. The SMILES string of the molecule is O=C([C@@H]1CC(=O)N(c2ccccc2)C1)N1CCN(c2ccc(F)cc2)CC1. The molecule has 2 heterocycles. The molecule has 0 N–H and O–H groups in total. The molecular formula is C21H22FN3O2. The zero-order valence-electron chi connectivity index (χ0n) is 15.1. The Balaban J connectivity index is 1.36. The maximum Gasteiger partial charge on any atom is 0.228 e. The van der Waals surface area contributed by atoms with Gasteiger partial charge in [-0.15, -0.1) is 0 Å². The summed E-state index contributed by atoms with van der Waals surface area (Å²) in [5.74, 6) is -0.471. The summed E-state index contributed by atoms with van der Waals surface area (Å²) < 4.78 is 13.1. The molecule has 2 aromatic carbocycles. The summed E-state index contributed by atoms with van der Waals surface area (Å²) in [4.78, 5) is 31.0. The second-order valence-electron chi connectivity index (χ2n) is 7.03. The fourth-order valence-electron chi connectivity index (χ4n) is 3.83. The third kappa shape index (κ3) is 3.65. The van der Waals surface area contributed by atoms with E-state index in [1.807, 2.05) is 35.2 Å². The van der Waals surface area contributed by atoms with Crippen LogP contribution in [0.25, 0.3) is 0 Å². The fourth-order valence-corrected chi connectivity index (χ4v) is 3.83. The first-order chi connectivity index (χ1) is 13.1. The highest BCUT2D eigenvalue weighted by Crippen LogP contribution is 2.27. The van der Waals surface area contributed by atoms with Gasteiger partial charge in [0.1, 0.15) is 5.82 Å². The number of anilines is 2. The van der Waals surface area contributed by atoms with Crippen molar-refractivity contribution >= 4 is 23.2 Å². The molecule has 0 spiro atoms. The van der Waals surface area contributed by atoms with Crippen molar-refractivity contribution in [3.8, 4) is 0 Å². The lowest BCUT2D eigenvalue weighted by atomic mass is 10.1. The highest BCUT2D eigenvalue weighted by Gasteiger charge is 2.37. The first-order valence-corrected chi connectivity index (χ1v) is 9.26. The monoisotopic (exact) mass is 367 g/mol. The Kier molecular flexibility index (Phi) is 4.79. The van der Waals surface area contributed by atoms with Crippen molar-refractivity contribution in [3.63, 3.8) is 0 Å². The fraction of sp³-hybridized carbons (Fsp3) is 0.333. The number of piperazine rings is 1. The molecule has 0 aliphatic carbocycles. The normalized spacial score (nSPS) is 20.3. The molecule has 0 radical (unpaired) electrons. The predicted molar refractivity (Wildman–Crippen MR) is 102 cm³/mol. The van der Waals surface area contributed by atoms with E-state index in [0.29, 0.717) is 32.7 Å². The van der Waals surface area contributed by atoms with E-state index in [9.17, 15) is 14.0 Å². The molecule has 0 unspecified atom stereocenters. The first kappa shape index (κ1) is 17.5. The number of carbonyl (C=O) groups excluding carboxylic acids is 2. The molecule has 140 valence electrons. The average Bonchev–Trinajstić information content (AvgIpc) is 3.10.